The van der Waals surface area contributed by atoms with E-state index in [0.717, 1.165) is 6.42 Å². The van der Waals surface area contributed by atoms with Crippen molar-refractivity contribution in [3.63, 3.8) is 0 Å². The maximum atomic E-state index is 11.7. The molecule has 0 radical (unpaired) electrons. The summed E-state index contributed by atoms with van der Waals surface area (Å²) in [5.41, 5.74) is 0. The predicted molar refractivity (Wildman–Crippen MR) is 81.8 cm³/mol. The van der Waals surface area contributed by atoms with Crippen LogP contribution in [0.2, 0.25) is 10.0 Å². The van der Waals surface area contributed by atoms with Gasteiger partial charge >= 0.3 is 11.9 Å². The zero-order valence-corrected chi connectivity index (χ0v) is 13.4. The van der Waals surface area contributed by atoms with E-state index in [9.17, 15) is 9.59 Å². The zero-order valence-electron chi connectivity index (χ0n) is 11.9. The molecular formula is C15H18Cl2O4. The van der Waals surface area contributed by atoms with Gasteiger partial charge in [-0.25, -0.2) is 0 Å². The van der Waals surface area contributed by atoms with Crippen molar-refractivity contribution in [3.05, 3.63) is 28.2 Å². The van der Waals surface area contributed by atoms with Crippen LogP contribution in [0.3, 0.4) is 0 Å². The zero-order chi connectivity index (χ0) is 15.7. The molecule has 0 amide bonds. The van der Waals surface area contributed by atoms with E-state index in [1.807, 2.05) is 0 Å². The Hall–Kier alpha value is -1.26. The molecule has 0 aliphatic heterocycles. The highest BCUT2D eigenvalue weighted by Gasteiger charge is 2.12. The van der Waals surface area contributed by atoms with E-state index < -0.39 is 0 Å². The predicted octanol–water partition coefficient (Wildman–Crippen LogP) is 4.41. The lowest BCUT2D eigenvalue weighted by atomic mass is 10.1. The Morgan fingerprint density at radius 1 is 1.00 bits per heavy atom. The molecule has 0 aliphatic rings. The topological polar surface area (TPSA) is 52.6 Å². The number of ether oxygens (including phenoxy) is 2. The molecule has 0 saturated carbocycles. The maximum absolute atomic E-state index is 11.7. The van der Waals surface area contributed by atoms with Crippen molar-refractivity contribution in [2.75, 3.05) is 6.61 Å². The first-order valence-electron chi connectivity index (χ1n) is 6.85. The number of unbranched alkanes of at least 4 members (excludes halogenated alkanes) is 2. The molecule has 0 unspecified atom stereocenters. The Kier molecular flexibility index (Phi) is 8.16. The number of carbonyl (C=O) groups excluding carboxylic acids is 2. The van der Waals surface area contributed by atoms with Crippen LogP contribution in [0.15, 0.2) is 18.2 Å². The molecule has 0 aromatic heterocycles. The first-order chi connectivity index (χ1) is 10.0. The number of hydrogen-bond acceptors (Lipinski definition) is 4. The molecular weight excluding hydrogens is 315 g/mol. The lowest BCUT2D eigenvalue weighted by Crippen LogP contribution is -2.08. The van der Waals surface area contributed by atoms with Gasteiger partial charge in [0.2, 0.25) is 0 Å². The highest BCUT2D eigenvalue weighted by atomic mass is 35.5. The molecule has 0 N–H and O–H groups in total. The van der Waals surface area contributed by atoms with Crippen LogP contribution in [0.4, 0.5) is 0 Å². The number of carbonyl (C=O) groups is 2. The Labute approximate surface area is 134 Å². The third-order valence-electron chi connectivity index (χ3n) is 2.70. The number of benzene rings is 1. The van der Waals surface area contributed by atoms with Crippen LogP contribution >= 0.6 is 23.2 Å². The second kappa shape index (κ2) is 9.64. The van der Waals surface area contributed by atoms with Crippen molar-refractivity contribution < 1.29 is 19.1 Å². The Morgan fingerprint density at radius 3 is 2.14 bits per heavy atom. The van der Waals surface area contributed by atoms with Gasteiger partial charge in [-0.1, -0.05) is 35.7 Å². The van der Waals surface area contributed by atoms with Gasteiger partial charge in [0.25, 0.3) is 0 Å². The molecule has 0 saturated heterocycles. The summed E-state index contributed by atoms with van der Waals surface area (Å²) >= 11 is 11.8. The minimum Gasteiger partial charge on any atom is -0.466 e. The van der Waals surface area contributed by atoms with Crippen LogP contribution in [0.25, 0.3) is 0 Å². The molecule has 0 atom stereocenters. The number of esters is 2. The second-order valence-electron chi connectivity index (χ2n) is 4.39. The van der Waals surface area contributed by atoms with Crippen molar-refractivity contribution in [2.45, 2.75) is 39.0 Å². The number of hydrogen-bond donors (Lipinski definition) is 0. The van der Waals surface area contributed by atoms with Crippen molar-refractivity contribution >= 4 is 35.1 Å². The van der Waals surface area contributed by atoms with Crippen LogP contribution in [-0.4, -0.2) is 18.5 Å². The van der Waals surface area contributed by atoms with Gasteiger partial charge < -0.3 is 9.47 Å². The Bertz CT molecular complexity index is 468. The first-order valence-corrected chi connectivity index (χ1v) is 7.60. The van der Waals surface area contributed by atoms with E-state index in [0.29, 0.717) is 35.9 Å². The number of para-hydroxylation sites is 1. The number of rotatable bonds is 8. The average Bonchev–Trinajstić information content (AvgIpc) is 2.43. The van der Waals surface area contributed by atoms with Gasteiger partial charge in [0.05, 0.1) is 16.7 Å². The van der Waals surface area contributed by atoms with E-state index in [1.54, 1.807) is 25.1 Å². The van der Waals surface area contributed by atoms with E-state index in [1.165, 1.54) is 0 Å². The molecule has 1 rings (SSSR count). The van der Waals surface area contributed by atoms with Crippen molar-refractivity contribution in [2.24, 2.45) is 0 Å². The molecule has 0 fully saturated rings. The van der Waals surface area contributed by atoms with Gasteiger partial charge in [-0.2, -0.15) is 0 Å². The second-order valence-corrected chi connectivity index (χ2v) is 5.20. The van der Waals surface area contributed by atoms with Crippen molar-refractivity contribution in [1.29, 1.82) is 0 Å². The molecule has 6 heteroatoms. The van der Waals surface area contributed by atoms with Crippen LogP contribution in [0.1, 0.15) is 39.0 Å². The van der Waals surface area contributed by atoms with E-state index in [4.69, 9.17) is 32.7 Å². The lowest BCUT2D eigenvalue weighted by molar-refractivity contribution is -0.143. The summed E-state index contributed by atoms with van der Waals surface area (Å²) in [6.07, 6.45) is 2.72. The smallest absolute Gasteiger partial charge is 0.311 e. The SMILES string of the molecule is CCOC(=O)CCCCCC(=O)Oc1c(Cl)cccc1Cl. The summed E-state index contributed by atoms with van der Waals surface area (Å²) in [6.45, 7) is 2.16. The normalized spacial score (nSPS) is 10.2. The summed E-state index contributed by atoms with van der Waals surface area (Å²) < 4.78 is 9.96. The summed E-state index contributed by atoms with van der Waals surface area (Å²) in [5.74, 6) is -0.401. The van der Waals surface area contributed by atoms with E-state index in [-0.39, 0.29) is 24.1 Å². The first kappa shape index (κ1) is 17.8. The van der Waals surface area contributed by atoms with Crippen LogP contribution in [0, 0.1) is 0 Å². The molecule has 4 nitrogen and oxygen atoms in total. The third-order valence-corrected chi connectivity index (χ3v) is 3.30. The van der Waals surface area contributed by atoms with Crippen molar-refractivity contribution in [3.8, 4) is 5.75 Å². The Morgan fingerprint density at radius 2 is 1.57 bits per heavy atom. The summed E-state index contributed by atoms with van der Waals surface area (Å²) in [7, 11) is 0. The van der Waals surface area contributed by atoms with E-state index >= 15 is 0 Å². The summed E-state index contributed by atoms with van der Waals surface area (Å²) in [4.78, 5) is 22.8. The highest BCUT2D eigenvalue weighted by molar-refractivity contribution is 6.37. The van der Waals surface area contributed by atoms with E-state index in [2.05, 4.69) is 0 Å². The number of halogens is 2. The van der Waals surface area contributed by atoms with Gasteiger partial charge in [0, 0.05) is 12.8 Å². The molecule has 0 bridgehead atoms. The third kappa shape index (κ3) is 6.82. The molecule has 0 heterocycles. The standard InChI is InChI=1S/C15H18Cl2O4/c1-2-20-13(18)9-4-3-5-10-14(19)21-15-11(16)7-6-8-12(15)17/h6-8H,2-5,9-10H2,1H3. The van der Waals surface area contributed by atoms with Crippen LogP contribution < -0.4 is 4.74 Å². The minimum atomic E-state index is -0.388. The monoisotopic (exact) mass is 332 g/mol. The van der Waals surface area contributed by atoms with Gasteiger partial charge in [0.15, 0.2) is 5.75 Å². The summed E-state index contributed by atoms with van der Waals surface area (Å²) in [5, 5.41) is 0.608. The molecule has 1 aromatic carbocycles. The van der Waals surface area contributed by atoms with Gasteiger partial charge in [-0.15, -0.1) is 0 Å². The summed E-state index contributed by atoms with van der Waals surface area (Å²) in [6, 6.07) is 4.89. The average molecular weight is 333 g/mol. The molecule has 116 valence electrons. The fraction of sp³-hybridized carbons (Fsp3) is 0.467. The molecule has 1 aromatic rings. The lowest BCUT2D eigenvalue weighted by Gasteiger charge is -2.07. The van der Waals surface area contributed by atoms with Gasteiger partial charge in [-0.3, -0.25) is 9.59 Å². The van der Waals surface area contributed by atoms with Crippen LogP contribution in [-0.2, 0) is 14.3 Å². The van der Waals surface area contributed by atoms with Gasteiger partial charge in [0.1, 0.15) is 0 Å². The highest BCUT2D eigenvalue weighted by Crippen LogP contribution is 2.32. The Balaban J connectivity index is 2.24. The molecule has 21 heavy (non-hydrogen) atoms. The fourth-order valence-corrected chi connectivity index (χ4v) is 2.17. The molecule has 0 spiro atoms. The largest absolute Gasteiger partial charge is 0.466 e. The van der Waals surface area contributed by atoms with Gasteiger partial charge in [-0.05, 0) is 31.9 Å². The van der Waals surface area contributed by atoms with Crippen LogP contribution in [0.5, 0.6) is 5.75 Å². The molecule has 0 aliphatic carbocycles. The maximum Gasteiger partial charge on any atom is 0.311 e. The van der Waals surface area contributed by atoms with Crippen molar-refractivity contribution in [1.82, 2.24) is 0 Å². The quantitative estimate of drug-likeness (QED) is 0.402. The fourth-order valence-electron chi connectivity index (χ4n) is 1.69. The minimum absolute atomic E-state index is 0.192.